The van der Waals surface area contributed by atoms with Gasteiger partial charge in [-0.2, -0.15) is 0 Å². The zero-order chi connectivity index (χ0) is 24.4. The number of benzene rings is 2. The van der Waals surface area contributed by atoms with Gasteiger partial charge >= 0.3 is 12.1 Å². The Kier molecular flexibility index (Phi) is 6.37. The van der Waals surface area contributed by atoms with Crippen LogP contribution in [0.2, 0.25) is 0 Å². The number of rotatable bonds is 6. The lowest BCUT2D eigenvalue weighted by Crippen LogP contribution is -2.34. The average molecular weight is 489 g/mol. The van der Waals surface area contributed by atoms with E-state index in [1.807, 2.05) is 24.3 Å². The molecule has 0 spiro atoms. The van der Waals surface area contributed by atoms with Gasteiger partial charge in [-0.3, -0.25) is 4.79 Å². The molecule has 0 atom stereocenters. The quantitative estimate of drug-likeness (QED) is 0.501. The highest BCUT2D eigenvalue weighted by Gasteiger charge is 2.29. The van der Waals surface area contributed by atoms with Crippen LogP contribution in [-0.4, -0.2) is 47.7 Å². The molecule has 0 unspecified atom stereocenters. The van der Waals surface area contributed by atoms with Crippen molar-refractivity contribution in [3.63, 3.8) is 0 Å². The Morgan fingerprint density at radius 2 is 1.77 bits per heavy atom. The summed E-state index contributed by atoms with van der Waals surface area (Å²) in [5.74, 6) is -1.12. The average Bonchev–Trinajstić information content (AvgIpc) is 3.44. The summed E-state index contributed by atoms with van der Waals surface area (Å²) in [6, 6.07) is 18.0. The van der Waals surface area contributed by atoms with E-state index in [-0.39, 0.29) is 25.0 Å². The van der Waals surface area contributed by atoms with Crippen molar-refractivity contribution >= 4 is 29.3 Å². The number of thiophene rings is 1. The van der Waals surface area contributed by atoms with E-state index in [0.29, 0.717) is 24.4 Å². The molecule has 2 amide bonds. The SMILES string of the molecule is O=C(NC/C=C/C(=O)N1CCc2sc(C(=O)O)cc2C1)OCC1c2ccccc2-c2ccccc21. The van der Waals surface area contributed by atoms with Crippen LogP contribution in [0, 0.1) is 0 Å². The monoisotopic (exact) mass is 488 g/mol. The molecule has 178 valence electrons. The van der Waals surface area contributed by atoms with Gasteiger partial charge in [0, 0.05) is 36.5 Å². The molecule has 8 heteroatoms. The number of nitrogens with one attached hydrogen (secondary N) is 1. The molecule has 0 bridgehead atoms. The Morgan fingerprint density at radius 1 is 1.09 bits per heavy atom. The lowest BCUT2D eigenvalue weighted by molar-refractivity contribution is -0.126. The first-order valence-corrected chi connectivity index (χ1v) is 12.2. The molecule has 1 aliphatic carbocycles. The molecule has 3 aromatic rings. The van der Waals surface area contributed by atoms with E-state index in [1.54, 1.807) is 17.0 Å². The molecule has 2 aliphatic rings. The van der Waals surface area contributed by atoms with Gasteiger partial charge in [0.05, 0.1) is 0 Å². The van der Waals surface area contributed by atoms with Crippen LogP contribution < -0.4 is 5.32 Å². The second-order valence-corrected chi connectivity index (χ2v) is 9.62. The summed E-state index contributed by atoms with van der Waals surface area (Å²) < 4.78 is 5.50. The highest BCUT2D eigenvalue weighted by molar-refractivity contribution is 7.14. The van der Waals surface area contributed by atoms with Crippen molar-refractivity contribution < 1.29 is 24.2 Å². The van der Waals surface area contributed by atoms with Gasteiger partial charge in [0.2, 0.25) is 5.91 Å². The Labute approximate surface area is 206 Å². The van der Waals surface area contributed by atoms with Crippen LogP contribution >= 0.6 is 11.3 Å². The van der Waals surface area contributed by atoms with Crippen molar-refractivity contribution in [3.05, 3.63) is 93.2 Å². The van der Waals surface area contributed by atoms with Crippen molar-refractivity contribution in [2.45, 2.75) is 18.9 Å². The van der Waals surface area contributed by atoms with E-state index < -0.39 is 12.1 Å². The predicted molar refractivity (Wildman–Crippen MR) is 133 cm³/mol. The number of carboxylic acids is 1. The molecule has 0 saturated heterocycles. The number of aromatic carboxylic acids is 1. The molecule has 0 saturated carbocycles. The first-order valence-electron chi connectivity index (χ1n) is 11.4. The van der Waals surface area contributed by atoms with Crippen molar-refractivity contribution in [2.24, 2.45) is 0 Å². The summed E-state index contributed by atoms with van der Waals surface area (Å²) >= 11 is 1.27. The van der Waals surface area contributed by atoms with Crippen LogP contribution in [0.4, 0.5) is 4.79 Å². The van der Waals surface area contributed by atoms with E-state index in [1.165, 1.54) is 28.5 Å². The summed E-state index contributed by atoms with van der Waals surface area (Å²) in [7, 11) is 0. The van der Waals surface area contributed by atoms with Gasteiger partial charge in [-0.15, -0.1) is 11.3 Å². The maximum Gasteiger partial charge on any atom is 0.407 e. The lowest BCUT2D eigenvalue weighted by Gasteiger charge is -2.25. The minimum absolute atomic E-state index is 0.00647. The van der Waals surface area contributed by atoms with Gasteiger partial charge in [0.15, 0.2) is 0 Å². The summed E-state index contributed by atoms with van der Waals surface area (Å²) in [6.45, 7) is 1.33. The summed E-state index contributed by atoms with van der Waals surface area (Å²) in [6.07, 6.45) is 3.13. The normalized spacial score (nSPS) is 14.3. The molecule has 0 fully saturated rings. The number of hydrogen-bond donors (Lipinski definition) is 2. The largest absolute Gasteiger partial charge is 0.477 e. The number of carboxylic acid groups (broad SMARTS) is 1. The number of amides is 2. The third kappa shape index (κ3) is 4.70. The predicted octanol–water partition coefficient (Wildman–Crippen LogP) is 4.43. The van der Waals surface area contributed by atoms with Gasteiger partial charge in [0.1, 0.15) is 11.5 Å². The molecular formula is C27H24N2O5S. The van der Waals surface area contributed by atoms with E-state index in [0.717, 1.165) is 21.6 Å². The number of alkyl carbamates (subject to hydrolysis) is 1. The van der Waals surface area contributed by atoms with E-state index in [4.69, 9.17) is 9.84 Å². The fourth-order valence-electron chi connectivity index (χ4n) is 4.68. The van der Waals surface area contributed by atoms with Crippen molar-refractivity contribution in [1.29, 1.82) is 0 Å². The summed E-state index contributed by atoms with van der Waals surface area (Å²) in [5.41, 5.74) is 5.53. The second kappa shape index (κ2) is 9.76. The number of hydrogen-bond acceptors (Lipinski definition) is 5. The van der Waals surface area contributed by atoms with Crippen molar-refractivity contribution in [3.8, 4) is 11.1 Å². The fraction of sp³-hybridized carbons (Fsp3) is 0.222. The smallest absolute Gasteiger partial charge is 0.407 e. The fourth-order valence-corrected chi connectivity index (χ4v) is 5.69. The zero-order valence-corrected chi connectivity index (χ0v) is 19.7. The minimum Gasteiger partial charge on any atom is -0.477 e. The van der Waals surface area contributed by atoms with Gasteiger partial charge in [-0.25, -0.2) is 9.59 Å². The molecule has 0 radical (unpaired) electrons. The highest BCUT2D eigenvalue weighted by atomic mass is 32.1. The van der Waals surface area contributed by atoms with E-state index in [9.17, 15) is 14.4 Å². The maximum absolute atomic E-state index is 12.5. The van der Waals surface area contributed by atoms with Gasteiger partial charge < -0.3 is 20.1 Å². The third-order valence-corrected chi connectivity index (χ3v) is 7.58. The highest BCUT2D eigenvalue weighted by Crippen LogP contribution is 2.44. The Bertz CT molecular complexity index is 1280. The Hall–Kier alpha value is -3.91. The molecule has 5 rings (SSSR count). The topological polar surface area (TPSA) is 95.9 Å². The van der Waals surface area contributed by atoms with Gasteiger partial charge in [-0.1, -0.05) is 54.6 Å². The lowest BCUT2D eigenvalue weighted by atomic mass is 9.98. The van der Waals surface area contributed by atoms with Crippen LogP contribution in [0.5, 0.6) is 0 Å². The number of nitrogens with zero attached hydrogens (tertiary/aromatic N) is 1. The van der Waals surface area contributed by atoms with E-state index >= 15 is 0 Å². The maximum atomic E-state index is 12.5. The minimum atomic E-state index is -0.943. The number of ether oxygens (including phenoxy) is 1. The van der Waals surface area contributed by atoms with Crippen LogP contribution in [0.25, 0.3) is 11.1 Å². The number of carbonyl (C=O) groups excluding carboxylic acids is 2. The molecular weight excluding hydrogens is 464 g/mol. The van der Waals surface area contributed by atoms with Crippen LogP contribution in [0.3, 0.4) is 0 Å². The molecule has 2 N–H and O–H groups in total. The van der Waals surface area contributed by atoms with Gasteiger partial charge in [-0.05, 0) is 40.3 Å². The first kappa shape index (κ1) is 22.9. The van der Waals surface area contributed by atoms with Crippen LogP contribution in [0.1, 0.15) is 37.2 Å². The molecule has 2 heterocycles. The second-order valence-electron chi connectivity index (χ2n) is 8.48. The van der Waals surface area contributed by atoms with Crippen molar-refractivity contribution in [1.82, 2.24) is 10.2 Å². The standard InChI is InChI=1S/C27H24N2O5S/c30-25(29-13-11-23-17(15-29)14-24(35-23)26(31)32)10-5-12-28-27(33)34-16-22-20-8-3-1-6-18(20)19-7-2-4-9-21(19)22/h1-10,14,22H,11-13,15-16H2,(H,28,33)(H,31,32)/b10-5+. The zero-order valence-electron chi connectivity index (χ0n) is 18.9. The molecule has 2 aromatic carbocycles. The molecule has 1 aromatic heterocycles. The Balaban J connectivity index is 1.10. The van der Waals surface area contributed by atoms with Crippen molar-refractivity contribution in [2.75, 3.05) is 19.7 Å². The molecule has 35 heavy (non-hydrogen) atoms. The Morgan fingerprint density at radius 3 is 2.46 bits per heavy atom. The number of fused-ring (bicyclic) bond motifs is 4. The van der Waals surface area contributed by atoms with Crippen LogP contribution in [0.15, 0.2) is 66.7 Å². The number of carbonyl (C=O) groups is 3. The molecule has 7 nitrogen and oxygen atoms in total. The first-order chi connectivity index (χ1) is 17.0. The van der Waals surface area contributed by atoms with Gasteiger partial charge in [0.25, 0.3) is 0 Å². The summed E-state index contributed by atoms with van der Waals surface area (Å²) in [5, 5.41) is 11.8. The van der Waals surface area contributed by atoms with E-state index in [2.05, 4.69) is 29.6 Å². The molecule has 1 aliphatic heterocycles. The van der Waals surface area contributed by atoms with Crippen LogP contribution in [-0.2, 0) is 22.5 Å². The third-order valence-electron chi connectivity index (χ3n) is 6.36. The summed E-state index contributed by atoms with van der Waals surface area (Å²) in [4.78, 5) is 38.9.